The summed E-state index contributed by atoms with van der Waals surface area (Å²) in [5, 5.41) is 3.33. The number of rotatable bonds is 7. The summed E-state index contributed by atoms with van der Waals surface area (Å²) >= 11 is 0. The quantitative estimate of drug-likeness (QED) is 0.743. The van der Waals surface area contributed by atoms with Crippen LogP contribution in [0.3, 0.4) is 0 Å². The predicted molar refractivity (Wildman–Crippen MR) is 115 cm³/mol. The molecule has 1 saturated heterocycles. The second-order valence-electron chi connectivity index (χ2n) is 7.86. The van der Waals surface area contributed by atoms with Gasteiger partial charge in [-0.25, -0.2) is 13.4 Å². The lowest BCUT2D eigenvalue weighted by atomic mass is 10.0. The zero-order chi connectivity index (χ0) is 20.9. The van der Waals surface area contributed by atoms with Crippen molar-refractivity contribution in [2.75, 3.05) is 32.1 Å². The van der Waals surface area contributed by atoms with Gasteiger partial charge in [-0.2, -0.15) is 4.31 Å². The summed E-state index contributed by atoms with van der Waals surface area (Å²) in [5.74, 6) is 1.26. The number of pyridine rings is 1. The van der Waals surface area contributed by atoms with E-state index in [-0.39, 0.29) is 4.90 Å². The molecule has 29 heavy (non-hydrogen) atoms. The Kier molecular flexibility index (Phi) is 7.27. The van der Waals surface area contributed by atoms with Crippen LogP contribution in [0.25, 0.3) is 0 Å². The molecular weight excluding hydrogens is 386 g/mol. The van der Waals surface area contributed by atoms with Gasteiger partial charge in [0.15, 0.2) is 0 Å². The summed E-state index contributed by atoms with van der Waals surface area (Å²) in [6, 6.07) is 9.45. The second-order valence-corrected chi connectivity index (χ2v) is 9.91. The Balaban J connectivity index is 1.63. The summed E-state index contributed by atoms with van der Waals surface area (Å²) in [6.45, 7) is 6.82. The number of aryl methyl sites for hydroxylation is 2. The number of anilines is 1. The van der Waals surface area contributed by atoms with Gasteiger partial charge in [-0.05, 0) is 62.3 Å². The molecule has 158 valence electrons. The minimum Gasteiger partial charge on any atom is -0.381 e. The van der Waals surface area contributed by atoms with Crippen LogP contribution < -0.4 is 5.32 Å². The van der Waals surface area contributed by atoms with Gasteiger partial charge in [0.2, 0.25) is 10.0 Å². The Morgan fingerprint density at radius 1 is 1.17 bits per heavy atom. The Bertz CT molecular complexity index is 905. The minimum absolute atomic E-state index is 0.207. The van der Waals surface area contributed by atoms with Crippen LogP contribution in [0.4, 0.5) is 5.82 Å². The topological polar surface area (TPSA) is 71.5 Å². The lowest BCUT2D eigenvalue weighted by Gasteiger charge is -2.19. The van der Waals surface area contributed by atoms with Crippen molar-refractivity contribution in [3.05, 3.63) is 53.2 Å². The molecule has 1 aromatic heterocycles. The highest BCUT2D eigenvalue weighted by Gasteiger charge is 2.22. The lowest BCUT2D eigenvalue weighted by Crippen LogP contribution is -2.27. The average Bonchev–Trinajstić information content (AvgIpc) is 2.98. The molecule has 1 aliphatic heterocycles. The molecular formula is C22H31N3O3S. The zero-order valence-corrected chi connectivity index (χ0v) is 18.3. The first-order valence-corrected chi connectivity index (χ1v) is 11.6. The number of sulfonamides is 1. The highest BCUT2D eigenvalue weighted by atomic mass is 32.2. The van der Waals surface area contributed by atoms with Crippen LogP contribution in [0.5, 0.6) is 0 Å². The van der Waals surface area contributed by atoms with Crippen LogP contribution in [0.15, 0.2) is 41.4 Å². The molecule has 1 atom stereocenters. The largest absolute Gasteiger partial charge is 0.381 e. The molecule has 0 radical (unpaired) electrons. The fourth-order valence-electron chi connectivity index (χ4n) is 3.54. The summed E-state index contributed by atoms with van der Waals surface area (Å²) < 4.78 is 32.8. The molecule has 7 heteroatoms. The van der Waals surface area contributed by atoms with Crippen molar-refractivity contribution >= 4 is 15.8 Å². The Morgan fingerprint density at radius 2 is 2.00 bits per heavy atom. The maximum Gasteiger partial charge on any atom is 0.244 e. The molecule has 0 aliphatic carbocycles. The Morgan fingerprint density at radius 3 is 2.76 bits per heavy atom. The average molecular weight is 418 g/mol. The molecule has 1 N–H and O–H groups in total. The number of nitrogens with zero attached hydrogens (tertiary/aromatic N) is 2. The highest BCUT2D eigenvalue weighted by Crippen LogP contribution is 2.21. The third-order valence-corrected chi connectivity index (χ3v) is 7.27. The number of hydrogen-bond acceptors (Lipinski definition) is 5. The van der Waals surface area contributed by atoms with Crippen molar-refractivity contribution in [3.63, 3.8) is 0 Å². The van der Waals surface area contributed by atoms with E-state index in [1.54, 1.807) is 19.2 Å². The van der Waals surface area contributed by atoms with Gasteiger partial charge < -0.3 is 10.1 Å². The van der Waals surface area contributed by atoms with Crippen molar-refractivity contribution in [2.45, 2.75) is 44.6 Å². The first-order valence-electron chi connectivity index (χ1n) is 10.2. The van der Waals surface area contributed by atoms with E-state index in [0.717, 1.165) is 55.7 Å². The van der Waals surface area contributed by atoms with Crippen LogP contribution >= 0.6 is 0 Å². The molecule has 0 amide bonds. The van der Waals surface area contributed by atoms with Crippen LogP contribution in [0, 0.1) is 19.8 Å². The minimum atomic E-state index is -3.60. The van der Waals surface area contributed by atoms with E-state index in [1.165, 1.54) is 10.5 Å². The molecule has 1 aromatic carbocycles. The number of aromatic nitrogens is 1. The van der Waals surface area contributed by atoms with Gasteiger partial charge in [-0.1, -0.05) is 23.8 Å². The van der Waals surface area contributed by atoms with E-state index in [9.17, 15) is 8.42 Å². The van der Waals surface area contributed by atoms with E-state index in [0.29, 0.717) is 18.3 Å². The summed E-state index contributed by atoms with van der Waals surface area (Å²) in [4.78, 5) is 4.53. The monoisotopic (exact) mass is 417 g/mol. The predicted octanol–water partition coefficient (Wildman–Crippen LogP) is 3.75. The van der Waals surface area contributed by atoms with E-state index in [1.807, 2.05) is 32.0 Å². The summed E-state index contributed by atoms with van der Waals surface area (Å²) in [7, 11) is -1.99. The maximum atomic E-state index is 12.9. The van der Waals surface area contributed by atoms with Crippen LogP contribution in [-0.4, -0.2) is 44.5 Å². The smallest absolute Gasteiger partial charge is 0.244 e. The van der Waals surface area contributed by atoms with Crippen molar-refractivity contribution in [2.24, 2.45) is 5.92 Å². The SMILES string of the molecule is Cc1ccc(C)c(CN(C)S(=O)(=O)c2ccc(NCC3CCCOCC3)nc2)c1. The van der Waals surface area contributed by atoms with E-state index < -0.39 is 10.0 Å². The number of benzene rings is 1. The van der Waals surface area contributed by atoms with Gasteiger partial charge in [0.05, 0.1) is 0 Å². The van der Waals surface area contributed by atoms with Gasteiger partial charge >= 0.3 is 0 Å². The normalized spacial score (nSPS) is 17.9. The van der Waals surface area contributed by atoms with Crippen LogP contribution in [0.1, 0.15) is 36.0 Å². The Labute approximate surface area is 174 Å². The number of ether oxygens (including phenoxy) is 1. The highest BCUT2D eigenvalue weighted by molar-refractivity contribution is 7.89. The van der Waals surface area contributed by atoms with Crippen LogP contribution in [0.2, 0.25) is 0 Å². The van der Waals surface area contributed by atoms with Crippen molar-refractivity contribution in [3.8, 4) is 0 Å². The van der Waals surface area contributed by atoms with E-state index in [2.05, 4.69) is 10.3 Å². The van der Waals surface area contributed by atoms with Gasteiger partial charge in [0.1, 0.15) is 10.7 Å². The van der Waals surface area contributed by atoms with Crippen molar-refractivity contribution < 1.29 is 13.2 Å². The molecule has 2 heterocycles. The van der Waals surface area contributed by atoms with Gasteiger partial charge in [-0.15, -0.1) is 0 Å². The number of hydrogen-bond donors (Lipinski definition) is 1. The molecule has 0 saturated carbocycles. The van der Waals surface area contributed by atoms with E-state index >= 15 is 0 Å². The molecule has 1 unspecified atom stereocenters. The molecule has 0 bridgehead atoms. The van der Waals surface area contributed by atoms with Crippen molar-refractivity contribution in [1.29, 1.82) is 0 Å². The molecule has 2 aromatic rings. The molecule has 1 aliphatic rings. The van der Waals surface area contributed by atoms with E-state index in [4.69, 9.17) is 4.74 Å². The molecule has 6 nitrogen and oxygen atoms in total. The maximum absolute atomic E-state index is 12.9. The van der Waals surface area contributed by atoms with Gasteiger partial charge in [-0.3, -0.25) is 0 Å². The lowest BCUT2D eigenvalue weighted by molar-refractivity contribution is 0.142. The third-order valence-electron chi connectivity index (χ3n) is 5.49. The fourth-order valence-corrected chi connectivity index (χ4v) is 4.63. The number of nitrogens with one attached hydrogen (secondary N) is 1. The van der Waals surface area contributed by atoms with Crippen molar-refractivity contribution in [1.82, 2.24) is 9.29 Å². The first-order chi connectivity index (χ1) is 13.9. The fraction of sp³-hybridized carbons (Fsp3) is 0.500. The van der Waals surface area contributed by atoms with Gasteiger partial charge in [0.25, 0.3) is 0 Å². The summed E-state index contributed by atoms with van der Waals surface area (Å²) in [5.41, 5.74) is 3.21. The first kappa shape index (κ1) is 21.7. The summed E-state index contributed by atoms with van der Waals surface area (Å²) in [6.07, 6.45) is 4.71. The van der Waals surface area contributed by atoms with Crippen LogP contribution in [-0.2, 0) is 21.3 Å². The third kappa shape index (κ3) is 5.78. The Hall–Kier alpha value is -1.96. The molecule has 3 rings (SSSR count). The second kappa shape index (κ2) is 9.69. The molecule has 0 spiro atoms. The zero-order valence-electron chi connectivity index (χ0n) is 17.5. The standard InChI is InChI=1S/C22H31N3O3S/c1-17-6-7-18(2)20(13-17)16-25(3)29(26,27)21-8-9-22(24-15-21)23-14-19-5-4-11-28-12-10-19/h6-9,13,15,19H,4-5,10-12,14,16H2,1-3H3,(H,23,24). The molecule has 1 fully saturated rings. The van der Waals surface area contributed by atoms with Gasteiger partial charge in [0, 0.05) is 39.5 Å².